The molecule has 0 atom stereocenters. The van der Waals surface area contributed by atoms with E-state index in [1.807, 2.05) is 18.2 Å². The molecule has 1 aromatic heterocycles. The van der Waals surface area contributed by atoms with Crippen molar-refractivity contribution < 1.29 is 14.3 Å². The Kier molecular flexibility index (Phi) is 5.38. The van der Waals surface area contributed by atoms with Crippen molar-refractivity contribution in [2.75, 3.05) is 19.5 Å². The fraction of sp³-hybridized carbons (Fsp3) is 0.167. The van der Waals surface area contributed by atoms with E-state index in [1.165, 1.54) is 0 Å². The number of anilines is 1. The molecule has 0 saturated carbocycles. The summed E-state index contributed by atoms with van der Waals surface area (Å²) in [4.78, 5) is 16.6. The molecule has 1 amide bonds. The number of carbonyl (C=O) groups is 1. The highest BCUT2D eigenvalue weighted by Crippen LogP contribution is 2.26. The van der Waals surface area contributed by atoms with Crippen LogP contribution in [-0.2, 0) is 11.2 Å². The van der Waals surface area contributed by atoms with Crippen LogP contribution in [0.1, 0.15) is 5.56 Å². The Hall–Kier alpha value is -3.06. The maximum atomic E-state index is 12.3. The van der Waals surface area contributed by atoms with E-state index in [0.717, 1.165) is 0 Å². The van der Waals surface area contributed by atoms with Crippen LogP contribution >= 0.6 is 11.6 Å². The predicted octanol–water partition coefficient (Wildman–Crippen LogP) is 3.32. The summed E-state index contributed by atoms with van der Waals surface area (Å²) in [6, 6.07) is 12.5. The van der Waals surface area contributed by atoms with E-state index in [-0.39, 0.29) is 18.3 Å². The molecule has 0 aliphatic heterocycles. The number of nitrogens with zero attached hydrogens (tertiary/aromatic N) is 2. The van der Waals surface area contributed by atoms with Crippen LogP contribution in [0.25, 0.3) is 11.4 Å². The lowest BCUT2D eigenvalue weighted by Gasteiger charge is -2.09. The largest absolute Gasteiger partial charge is 0.497 e. The molecule has 0 unspecified atom stereocenters. The molecule has 3 aromatic rings. The van der Waals surface area contributed by atoms with Gasteiger partial charge in [-0.05, 0) is 30.3 Å². The first-order valence-corrected chi connectivity index (χ1v) is 8.16. The number of nitrogens with one attached hydrogen (secondary N) is 2. The maximum absolute atomic E-state index is 12.3. The zero-order valence-electron chi connectivity index (χ0n) is 14.2. The lowest BCUT2D eigenvalue weighted by atomic mass is 10.1. The second-order valence-corrected chi connectivity index (χ2v) is 5.80. The van der Waals surface area contributed by atoms with Crippen molar-refractivity contribution in [1.29, 1.82) is 0 Å². The zero-order chi connectivity index (χ0) is 18.5. The van der Waals surface area contributed by atoms with Crippen LogP contribution in [0.4, 0.5) is 5.95 Å². The third-order valence-corrected chi connectivity index (χ3v) is 4.03. The maximum Gasteiger partial charge on any atom is 0.249 e. The monoisotopic (exact) mass is 372 g/mol. The van der Waals surface area contributed by atoms with Crippen molar-refractivity contribution in [2.24, 2.45) is 0 Å². The van der Waals surface area contributed by atoms with Gasteiger partial charge in [-0.2, -0.15) is 4.98 Å². The number of benzene rings is 2. The summed E-state index contributed by atoms with van der Waals surface area (Å²) in [7, 11) is 3.11. The number of halogens is 1. The van der Waals surface area contributed by atoms with Crippen LogP contribution in [0.2, 0.25) is 5.02 Å². The summed E-state index contributed by atoms with van der Waals surface area (Å²) in [5.74, 6) is 1.62. The number of hydrogen-bond donors (Lipinski definition) is 2. The van der Waals surface area contributed by atoms with Crippen molar-refractivity contribution >= 4 is 23.5 Å². The third-order valence-electron chi connectivity index (χ3n) is 3.70. The van der Waals surface area contributed by atoms with Crippen molar-refractivity contribution in [3.8, 4) is 22.9 Å². The van der Waals surface area contributed by atoms with E-state index in [0.29, 0.717) is 33.5 Å². The average molecular weight is 373 g/mol. The van der Waals surface area contributed by atoms with Gasteiger partial charge in [0.15, 0.2) is 5.82 Å². The Bertz CT molecular complexity index is 926. The van der Waals surface area contributed by atoms with Crippen LogP contribution in [0.15, 0.2) is 42.5 Å². The summed E-state index contributed by atoms with van der Waals surface area (Å²) >= 11 is 6.14. The minimum absolute atomic E-state index is 0.0936. The summed E-state index contributed by atoms with van der Waals surface area (Å²) in [5.41, 5.74) is 1.41. The molecule has 0 aliphatic carbocycles. The molecule has 26 heavy (non-hydrogen) atoms. The molecule has 3 rings (SSSR count). The molecule has 8 heteroatoms. The highest BCUT2D eigenvalue weighted by atomic mass is 35.5. The molecule has 134 valence electrons. The normalized spacial score (nSPS) is 10.4. The number of ether oxygens (including phenoxy) is 2. The van der Waals surface area contributed by atoms with Crippen LogP contribution in [0.3, 0.4) is 0 Å². The van der Waals surface area contributed by atoms with Crippen LogP contribution in [-0.4, -0.2) is 35.3 Å². The number of methoxy groups -OCH3 is 2. The van der Waals surface area contributed by atoms with Crippen LogP contribution in [0, 0.1) is 0 Å². The van der Waals surface area contributed by atoms with Gasteiger partial charge in [-0.1, -0.05) is 23.7 Å². The second-order valence-electron chi connectivity index (χ2n) is 5.39. The number of carbonyl (C=O) groups excluding carboxylic acids is 1. The first-order chi connectivity index (χ1) is 12.6. The highest BCUT2D eigenvalue weighted by Gasteiger charge is 2.14. The summed E-state index contributed by atoms with van der Waals surface area (Å²) in [6.07, 6.45) is 0.0936. The zero-order valence-corrected chi connectivity index (χ0v) is 15.0. The minimum atomic E-state index is -0.277. The SMILES string of the molecule is COc1ccc(OC)c(CC(=O)Nc2n[nH]c(-c3ccccc3Cl)n2)c1. The summed E-state index contributed by atoms with van der Waals surface area (Å²) < 4.78 is 10.5. The number of rotatable bonds is 6. The smallest absolute Gasteiger partial charge is 0.249 e. The van der Waals surface area contributed by atoms with E-state index in [9.17, 15) is 4.79 Å². The van der Waals surface area contributed by atoms with Gasteiger partial charge in [-0.25, -0.2) is 0 Å². The Balaban J connectivity index is 1.73. The molecule has 0 radical (unpaired) electrons. The molecule has 0 bridgehead atoms. The predicted molar refractivity (Wildman–Crippen MR) is 98.7 cm³/mol. The molecule has 1 heterocycles. The van der Waals surface area contributed by atoms with Gasteiger partial charge in [0.05, 0.1) is 25.7 Å². The third kappa shape index (κ3) is 3.94. The van der Waals surface area contributed by atoms with E-state index < -0.39 is 0 Å². The number of aromatic amines is 1. The molecule has 2 aromatic carbocycles. The number of hydrogen-bond acceptors (Lipinski definition) is 5. The fourth-order valence-electron chi connectivity index (χ4n) is 2.45. The molecule has 0 spiro atoms. The van der Waals surface area contributed by atoms with Crippen molar-refractivity contribution in [1.82, 2.24) is 15.2 Å². The van der Waals surface area contributed by atoms with Gasteiger partial charge in [-0.3, -0.25) is 15.2 Å². The van der Waals surface area contributed by atoms with Crippen molar-refractivity contribution in [2.45, 2.75) is 6.42 Å². The first kappa shape index (κ1) is 17.8. The number of H-pyrrole nitrogens is 1. The number of amides is 1. The van der Waals surface area contributed by atoms with Gasteiger partial charge in [0.2, 0.25) is 11.9 Å². The van der Waals surface area contributed by atoms with Crippen LogP contribution in [0.5, 0.6) is 11.5 Å². The quantitative estimate of drug-likeness (QED) is 0.692. The van der Waals surface area contributed by atoms with Crippen molar-refractivity contribution in [3.63, 3.8) is 0 Å². The van der Waals surface area contributed by atoms with Gasteiger partial charge in [-0.15, -0.1) is 5.10 Å². The van der Waals surface area contributed by atoms with E-state index in [4.69, 9.17) is 21.1 Å². The molecular weight excluding hydrogens is 356 g/mol. The molecule has 0 fully saturated rings. The molecule has 0 aliphatic rings. The van der Waals surface area contributed by atoms with E-state index in [2.05, 4.69) is 20.5 Å². The standard InChI is InChI=1S/C18H17ClN4O3/c1-25-12-7-8-15(26-2)11(9-12)10-16(24)20-18-21-17(22-23-18)13-5-3-4-6-14(13)19/h3-9H,10H2,1-2H3,(H2,20,21,22,23,24). The van der Waals surface area contributed by atoms with Gasteiger partial charge < -0.3 is 9.47 Å². The Morgan fingerprint density at radius 3 is 2.73 bits per heavy atom. The Labute approximate surface area is 155 Å². The second kappa shape index (κ2) is 7.88. The van der Waals surface area contributed by atoms with Crippen LogP contribution < -0.4 is 14.8 Å². The van der Waals surface area contributed by atoms with Gasteiger partial charge in [0, 0.05) is 11.1 Å². The molecule has 2 N–H and O–H groups in total. The molecular formula is C18H17ClN4O3. The lowest BCUT2D eigenvalue weighted by molar-refractivity contribution is -0.115. The Morgan fingerprint density at radius 1 is 1.19 bits per heavy atom. The van der Waals surface area contributed by atoms with Gasteiger partial charge >= 0.3 is 0 Å². The van der Waals surface area contributed by atoms with Gasteiger partial charge in [0.25, 0.3) is 0 Å². The first-order valence-electron chi connectivity index (χ1n) is 7.78. The van der Waals surface area contributed by atoms with Gasteiger partial charge in [0.1, 0.15) is 11.5 Å². The lowest BCUT2D eigenvalue weighted by Crippen LogP contribution is -2.16. The highest BCUT2D eigenvalue weighted by molar-refractivity contribution is 6.33. The Morgan fingerprint density at radius 2 is 2.00 bits per heavy atom. The molecule has 0 saturated heterocycles. The fourth-order valence-corrected chi connectivity index (χ4v) is 2.68. The van der Waals surface area contributed by atoms with E-state index in [1.54, 1.807) is 38.5 Å². The average Bonchev–Trinajstić information content (AvgIpc) is 3.10. The minimum Gasteiger partial charge on any atom is -0.497 e. The number of aromatic nitrogens is 3. The van der Waals surface area contributed by atoms with E-state index >= 15 is 0 Å². The topological polar surface area (TPSA) is 89.1 Å². The summed E-state index contributed by atoms with van der Waals surface area (Å²) in [5, 5.41) is 9.98. The van der Waals surface area contributed by atoms with Crippen molar-refractivity contribution in [3.05, 3.63) is 53.1 Å². The summed E-state index contributed by atoms with van der Waals surface area (Å²) in [6.45, 7) is 0. The molecule has 7 nitrogen and oxygen atoms in total.